The topological polar surface area (TPSA) is 29.3 Å². The van der Waals surface area contributed by atoms with Gasteiger partial charge in [0.1, 0.15) is 0 Å². The smallest absolute Gasteiger partial charge is 0.0426 e. The van der Waals surface area contributed by atoms with Crippen LogP contribution in [0.4, 0.5) is 0 Å². The minimum Gasteiger partial charge on any atom is -0.323 e. The minimum atomic E-state index is 0.116. The van der Waals surface area contributed by atoms with Gasteiger partial charge in [-0.2, -0.15) is 0 Å². The summed E-state index contributed by atoms with van der Waals surface area (Å²) in [5, 5.41) is 0. The molecule has 0 amide bonds. The maximum absolute atomic E-state index is 6.44. The summed E-state index contributed by atoms with van der Waals surface area (Å²) in [5.74, 6) is 0.793. The van der Waals surface area contributed by atoms with Crippen molar-refractivity contribution >= 4 is 0 Å². The summed E-state index contributed by atoms with van der Waals surface area (Å²) in [6.45, 7) is 14.3. The average molecular weight is 276 g/mol. The molecule has 0 spiro atoms. The van der Waals surface area contributed by atoms with E-state index in [1.165, 1.54) is 36.1 Å². The van der Waals surface area contributed by atoms with Gasteiger partial charge < -0.3 is 10.6 Å². The van der Waals surface area contributed by atoms with Gasteiger partial charge in [0.15, 0.2) is 0 Å². The van der Waals surface area contributed by atoms with Crippen LogP contribution in [0.2, 0.25) is 0 Å². The maximum atomic E-state index is 6.44. The fourth-order valence-corrected chi connectivity index (χ4v) is 2.86. The van der Waals surface area contributed by atoms with Crippen LogP contribution in [0.1, 0.15) is 56.3 Å². The van der Waals surface area contributed by atoms with Crippen molar-refractivity contribution < 1.29 is 0 Å². The summed E-state index contributed by atoms with van der Waals surface area (Å²) >= 11 is 0. The van der Waals surface area contributed by atoms with Gasteiger partial charge >= 0.3 is 0 Å². The highest BCUT2D eigenvalue weighted by atomic mass is 15.1. The van der Waals surface area contributed by atoms with Crippen LogP contribution in [0.15, 0.2) is 18.2 Å². The van der Waals surface area contributed by atoms with Crippen LogP contribution in [0, 0.1) is 19.8 Å². The second-order valence-electron chi connectivity index (χ2n) is 6.00. The zero-order chi connectivity index (χ0) is 15.1. The lowest BCUT2D eigenvalue weighted by atomic mass is 9.98. The lowest BCUT2D eigenvalue weighted by molar-refractivity contribution is 0.221. The molecule has 1 atom stereocenters. The van der Waals surface area contributed by atoms with Crippen molar-refractivity contribution in [2.75, 3.05) is 19.6 Å². The van der Waals surface area contributed by atoms with Gasteiger partial charge in [0, 0.05) is 19.1 Å². The van der Waals surface area contributed by atoms with Crippen molar-refractivity contribution in [3.05, 3.63) is 34.9 Å². The molecule has 1 unspecified atom stereocenters. The summed E-state index contributed by atoms with van der Waals surface area (Å²) in [6, 6.07) is 6.70. The minimum absolute atomic E-state index is 0.116. The number of hydrogen-bond acceptors (Lipinski definition) is 2. The van der Waals surface area contributed by atoms with Crippen LogP contribution in [0.3, 0.4) is 0 Å². The molecule has 0 saturated carbocycles. The third-order valence-electron chi connectivity index (χ3n) is 4.40. The number of aryl methyl sites for hydroxylation is 2. The molecular formula is C18H32N2. The molecule has 1 aromatic rings. The molecule has 0 aliphatic rings. The molecule has 2 N–H and O–H groups in total. The molecule has 114 valence electrons. The Labute approximate surface area is 125 Å². The van der Waals surface area contributed by atoms with Crippen molar-refractivity contribution in [3.63, 3.8) is 0 Å². The maximum Gasteiger partial charge on any atom is 0.0426 e. The molecule has 0 fully saturated rings. The average Bonchev–Trinajstić information content (AvgIpc) is 2.43. The number of nitrogens with zero attached hydrogens (tertiary/aromatic N) is 1. The first-order chi connectivity index (χ1) is 9.51. The third kappa shape index (κ3) is 4.92. The zero-order valence-electron chi connectivity index (χ0n) is 13.9. The number of hydrogen-bond donors (Lipinski definition) is 1. The predicted octanol–water partition coefficient (Wildman–Crippen LogP) is 4.06. The Morgan fingerprint density at radius 2 is 1.70 bits per heavy atom. The molecule has 0 bridgehead atoms. The fraction of sp³-hybridized carbons (Fsp3) is 0.667. The first kappa shape index (κ1) is 17.2. The molecular weight excluding hydrogens is 244 g/mol. The molecule has 20 heavy (non-hydrogen) atoms. The molecule has 1 rings (SSSR count). The van der Waals surface area contributed by atoms with E-state index in [1.807, 2.05) is 0 Å². The van der Waals surface area contributed by atoms with Crippen molar-refractivity contribution in [1.82, 2.24) is 4.90 Å². The third-order valence-corrected chi connectivity index (χ3v) is 4.40. The van der Waals surface area contributed by atoms with Crippen LogP contribution in [-0.2, 0) is 0 Å². The van der Waals surface area contributed by atoms with Gasteiger partial charge in [-0.1, -0.05) is 57.4 Å². The van der Waals surface area contributed by atoms with Crippen LogP contribution in [0.25, 0.3) is 0 Å². The van der Waals surface area contributed by atoms with E-state index in [2.05, 4.69) is 57.7 Å². The van der Waals surface area contributed by atoms with E-state index in [0.717, 1.165) is 19.0 Å². The Balaban J connectivity index is 2.69. The van der Waals surface area contributed by atoms with Gasteiger partial charge in [0.05, 0.1) is 0 Å². The van der Waals surface area contributed by atoms with E-state index >= 15 is 0 Å². The highest BCUT2D eigenvalue weighted by molar-refractivity contribution is 5.32. The zero-order valence-corrected chi connectivity index (χ0v) is 13.9. The summed E-state index contributed by atoms with van der Waals surface area (Å²) in [5.41, 5.74) is 10.4. The molecule has 0 aromatic heterocycles. The van der Waals surface area contributed by atoms with Crippen LogP contribution in [0.5, 0.6) is 0 Å². The fourth-order valence-electron chi connectivity index (χ4n) is 2.86. The van der Waals surface area contributed by atoms with Crippen molar-refractivity contribution in [2.24, 2.45) is 11.7 Å². The normalized spacial score (nSPS) is 13.2. The molecule has 0 saturated heterocycles. The van der Waals surface area contributed by atoms with Crippen molar-refractivity contribution in [1.29, 1.82) is 0 Å². The summed E-state index contributed by atoms with van der Waals surface area (Å²) in [6.07, 6.45) is 2.51. The summed E-state index contributed by atoms with van der Waals surface area (Å²) in [4.78, 5) is 2.50. The molecule has 2 heteroatoms. The van der Waals surface area contributed by atoms with Crippen LogP contribution in [-0.4, -0.2) is 24.5 Å². The van der Waals surface area contributed by atoms with E-state index < -0.39 is 0 Å². The first-order valence-corrected chi connectivity index (χ1v) is 8.06. The lowest BCUT2D eigenvalue weighted by Gasteiger charge is -2.28. The number of rotatable bonds is 8. The number of benzene rings is 1. The van der Waals surface area contributed by atoms with Gasteiger partial charge in [0.25, 0.3) is 0 Å². The lowest BCUT2D eigenvalue weighted by Crippen LogP contribution is -2.35. The van der Waals surface area contributed by atoms with Crippen molar-refractivity contribution in [3.8, 4) is 0 Å². The van der Waals surface area contributed by atoms with Crippen LogP contribution >= 0.6 is 0 Å². The van der Waals surface area contributed by atoms with E-state index in [1.54, 1.807) is 0 Å². The first-order valence-electron chi connectivity index (χ1n) is 8.06. The molecule has 0 aliphatic carbocycles. The Morgan fingerprint density at radius 1 is 1.05 bits per heavy atom. The molecule has 0 heterocycles. The standard InChI is InChI=1S/C18H32N2/c1-6-16(7-2)12-20(8-3)13-18(19)17-10-9-14(4)11-15(17)5/h9-11,16,18H,6-8,12-13,19H2,1-5H3. The van der Waals surface area contributed by atoms with Crippen molar-refractivity contribution in [2.45, 2.75) is 53.5 Å². The second-order valence-corrected chi connectivity index (χ2v) is 6.00. The van der Waals surface area contributed by atoms with E-state index in [-0.39, 0.29) is 6.04 Å². The Morgan fingerprint density at radius 3 is 2.20 bits per heavy atom. The van der Waals surface area contributed by atoms with Gasteiger partial charge in [-0.05, 0) is 37.4 Å². The Kier molecular flexibility index (Phi) is 7.25. The quantitative estimate of drug-likeness (QED) is 0.776. The van der Waals surface area contributed by atoms with Gasteiger partial charge in [-0.15, -0.1) is 0 Å². The highest BCUT2D eigenvalue weighted by Crippen LogP contribution is 2.19. The Bertz CT molecular complexity index is 396. The van der Waals surface area contributed by atoms with Gasteiger partial charge in [0.2, 0.25) is 0 Å². The highest BCUT2D eigenvalue weighted by Gasteiger charge is 2.15. The van der Waals surface area contributed by atoms with Gasteiger partial charge in [-0.25, -0.2) is 0 Å². The SMILES string of the molecule is CCC(CC)CN(CC)CC(N)c1ccc(C)cc1C. The number of likely N-dealkylation sites (N-methyl/N-ethyl adjacent to an activating group) is 1. The Hall–Kier alpha value is -0.860. The van der Waals surface area contributed by atoms with Gasteiger partial charge in [-0.3, -0.25) is 0 Å². The molecule has 0 aliphatic heterocycles. The summed E-state index contributed by atoms with van der Waals surface area (Å²) < 4.78 is 0. The van der Waals surface area contributed by atoms with Crippen LogP contribution < -0.4 is 5.73 Å². The monoisotopic (exact) mass is 276 g/mol. The predicted molar refractivity (Wildman–Crippen MR) is 89.0 cm³/mol. The summed E-state index contributed by atoms with van der Waals surface area (Å²) in [7, 11) is 0. The van der Waals surface area contributed by atoms with E-state index in [9.17, 15) is 0 Å². The van der Waals surface area contributed by atoms with E-state index in [0.29, 0.717) is 0 Å². The molecule has 2 nitrogen and oxygen atoms in total. The van der Waals surface area contributed by atoms with E-state index in [4.69, 9.17) is 5.73 Å². The molecule has 1 aromatic carbocycles. The largest absolute Gasteiger partial charge is 0.323 e. The second kappa shape index (κ2) is 8.43. The molecule has 0 radical (unpaired) electrons. The number of nitrogens with two attached hydrogens (primary N) is 1.